The molecule has 1 aliphatic carbocycles. The van der Waals surface area contributed by atoms with Gasteiger partial charge in [0.2, 0.25) is 5.91 Å². The summed E-state index contributed by atoms with van der Waals surface area (Å²) in [7, 11) is 0. The van der Waals surface area contributed by atoms with Crippen molar-refractivity contribution in [2.45, 2.75) is 46.0 Å². The van der Waals surface area contributed by atoms with Crippen molar-refractivity contribution in [1.82, 2.24) is 15.5 Å². The highest BCUT2D eigenvalue weighted by molar-refractivity contribution is 5.76. The van der Waals surface area contributed by atoms with Crippen LogP contribution in [-0.2, 0) is 4.79 Å². The Morgan fingerprint density at radius 3 is 2.68 bits per heavy atom. The average Bonchev–Trinajstić information content (AvgIpc) is 3.00. The maximum absolute atomic E-state index is 11.8. The summed E-state index contributed by atoms with van der Waals surface area (Å²) in [6.07, 6.45) is 5.49. The molecule has 1 aliphatic rings. The monoisotopic (exact) mass is 301 g/mol. The van der Waals surface area contributed by atoms with Crippen LogP contribution < -0.4 is 10.6 Å². The third kappa shape index (κ3) is 4.17. The number of anilines is 1. The number of nitrogens with one attached hydrogen (secondary N) is 2. The average molecular weight is 301 g/mol. The molecule has 1 amide bonds. The van der Waals surface area contributed by atoms with Gasteiger partial charge in [-0.25, -0.2) is 0 Å². The summed E-state index contributed by atoms with van der Waals surface area (Å²) in [5.74, 6) is 1.15. The molecule has 2 N–H and O–H groups in total. The predicted molar refractivity (Wildman–Crippen MR) is 84.3 cm³/mol. The Labute approximate surface area is 131 Å². The number of rotatable bonds is 6. The van der Waals surface area contributed by atoms with Crippen LogP contribution in [0.2, 0.25) is 0 Å². The van der Waals surface area contributed by atoms with Crippen LogP contribution in [-0.4, -0.2) is 29.2 Å². The van der Waals surface area contributed by atoms with Crippen LogP contribution in [0.25, 0.3) is 0 Å². The maximum Gasteiger partial charge on any atom is 0.220 e. The normalized spacial score (nSPS) is 14.6. The van der Waals surface area contributed by atoms with Gasteiger partial charge in [0.05, 0.1) is 5.69 Å². The first-order valence-corrected chi connectivity index (χ1v) is 7.86. The standard InChI is InChI=1S/C16H23N5O/c1-11-12(2)20-21-16(14(11)10-17)19-8-7-18-15(22)9-13-5-3-4-6-13/h13H,3-9H2,1-2H3,(H,18,22)(H,19,21). The Balaban J connectivity index is 1.76. The quantitative estimate of drug-likeness (QED) is 0.785. The van der Waals surface area contributed by atoms with Gasteiger partial charge in [-0.05, 0) is 38.2 Å². The highest BCUT2D eigenvalue weighted by Gasteiger charge is 2.18. The molecule has 1 aromatic rings. The second-order valence-electron chi connectivity index (χ2n) is 5.88. The lowest BCUT2D eigenvalue weighted by Crippen LogP contribution is -2.30. The molecule has 0 spiro atoms. The third-order valence-electron chi connectivity index (χ3n) is 4.25. The van der Waals surface area contributed by atoms with Crippen molar-refractivity contribution in [1.29, 1.82) is 5.26 Å². The predicted octanol–water partition coefficient (Wildman–Crippen LogP) is 2.07. The third-order valence-corrected chi connectivity index (χ3v) is 4.25. The first-order chi connectivity index (χ1) is 10.6. The summed E-state index contributed by atoms with van der Waals surface area (Å²) in [4.78, 5) is 11.8. The summed E-state index contributed by atoms with van der Waals surface area (Å²) in [5, 5.41) is 23.2. The molecule has 1 heterocycles. The molecule has 2 rings (SSSR count). The minimum absolute atomic E-state index is 0.111. The fourth-order valence-electron chi connectivity index (χ4n) is 2.80. The van der Waals surface area contributed by atoms with Gasteiger partial charge in [-0.2, -0.15) is 10.4 Å². The number of carbonyl (C=O) groups excluding carboxylic acids is 1. The number of hydrogen-bond acceptors (Lipinski definition) is 5. The maximum atomic E-state index is 11.8. The fourth-order valence-corrected chi connectivity index (χ4v) is 2.80. The van der Waals surface area contributed by atoms with Gasteiger partial charge in [-0.1, -0.05) is 12.8 Å². The van der Waals surface area contributed by atoms with Gasteiger partial charge in [0.15, 0.2) is 5.82 Å². The van der Waals surface area contributed by atoms with Crippen molar-refractivity contribution in [3.63, 3.8) is 0 Å². The molecule has 0 radical (unpaired) electrons. The Bertz CT molecular complexity index is 573. The second-order valence-corrected chi connectivity index (χ2v) is 5.88. The van der Waals surface area contributed by atoms with Gasteiger partial charge in [0.25, 0.3) is 0 Å². The molecular formula is C16H23N5O. The number of carbonyl (C=O) groups is 1. The number of nitriles is 1. The molecule has 118 valence electrons. The van der Waals surface area contributed by atoms with Crippen molar-refractivity contribution in [2.75, 3.05) is 18.4 Å². The van der Waals surface area contributed by atoms with Crippen molar-refractivity contribution in [3.05, 3.63) is 16.8 Å². The summed E-state index contributed by atoms with van der Waals surface area (Å²) < 4.78 is 0. The molecule has 6 nitrogen and oxygen atoms in total. The molecule has 22 heavy (non-hydrogen) atoms. The van der Waals surface area contributed by atoms with E-state index in [1.54, 1.807) is 0 Å². The van der Waals surface area contributed by atoms with E-state index in [9.17, 15) is 10.1 Å². The van der Waals surface area contributed by atoms with Gasteiger partial charge in [-0.15, -0.1) is 5.10 Å². The number of amides is 1. The SMILES string of the molecule is Cc1nnc(NCCNC(=O)CC2CCCC2)c(C#N)c1C. The second kappa shape index (κ2) is 7.74. The van der Waals surface area contributed by atoms with E-state index in [4.69, 9.17) is 0 Å². The molecule has 0 atom stereocenters. The van der Waals surface area contributed by atoms with Gasteiger partial charge in [0, 0.05) is 19.5 Å². The van der Waals surface area contributed by atoms with E-state index in [0.717, 1.165) is 11.3 Å². The van der Waals surface area contributed by atoms with E-state index in [2.05, 4.69) is 26.9 Å². The van der Waals surface area contributed by atoms with Crippen LogP contribution in [0.3, 0.4) is 0 Å². The molecule has 0 saturated heterocycles. The molecule has 0 aromatic carbocycles. The van der Waals surface area contributed by atoms with E-state index < -0.39 is 0 Å². The molecular weight excluding hydrogens is 278 g/mol. The topological polar surface area (TPSA) is 90.7 Å². The Morgan fingerprint density at radius 2 is 2.00 bits per heavy atom. The number of hydrogen-bond donors (Lipinski definition) is 2. The Morgan fingerprint density at radius 1 is 1.27 bits per heavy atom. The largest absolute Gasteiger partial charge is 0.366 e. The lowest BCUT2D eigenvalue weighted by Gasteiger charge is -2.11. The first-order valence-electron chi connectivity index (χ1n) is 7.86. The summed E-state index contributed by atoms with van der Waals surface area (Å²) in [5.41, 5.74) is 2.11. The van der Waals surface area contributed by atoms with Crippen LogP contribution in [0.5, 0.6) is 0 Å². The van der Waals surface area contributed by atoms with Crippen LogP contribution in [0.4, 0.5) is 5.82 Å². The zero-order valence-electron chi connectivity index (χ0n) is 13.3. The molecule has 1 fully saturated rings. The summed E-state index contributed by atoms with van der Waals surface area (Å²) in [6, 6.07) is 2.15. The van der Waals surface area contributed by atoms with E-state index >= 15 is 0 Å². The molecule has 6 heteroatoms. The number of nitrogens with zero attached hydrogens (tertiary/aromatic N) is 3. The number of aromatic nitrogens is 2. The lowest BCUT2D eigenvalue weighted by molar-refractivity contribution is -0.121. The minimum atomic E-state index is 0.111. The van der Waals surface area contributed by atoms with E-state index in [0.29, 0.717) is 36.8 Å². The smallest absolute Gasteiger partial charge is 0.220 e. The van der Waals surface area contributed by atoms with E-state index in [1.165, 1.54) is 25.7 Å². The zero-order valence-corrected chi connectivity index (χ0v) is 13.3. The van der Waals surface area contributed by atoms with E-state index in [1.807, 2.05) is 13.8 Å². The minimum Gasteiger partial charge on any atom is -0.366 e. The van der Waals surface area contributed by atoms with E-state index in [-0.39, 0.29) is 5.91 Å². The lowest BCUT2D eigenvalue weighted by atomic mass is 10.0. The molecule has 0 aliphatic heterocycles. The highest BCUT2D eigenvalue weighted by atomic mass is 16.1. The molecule has 1 aromatic heterocycles. The van der Waals surface area contributed by atoms with Crippen molar-refractivity contribution < 1.29 is 4.79 Å². The summed E-state index contributed by atoms with van der Waals surface area (Å²) in [6.45, 7) is 4.74. The van der Waals surface area contributed by atoms with Crippen molar-refractivity contribution >= 4 is 11.7 Å². The first kappa shape index (κ1) is 16.2. The van der Waals surface area contributed by atoms with Crippen LogP contribution in [0.1, 0.15) is 48.9 Å². The van der Waals surface area contributed by atoms with Crippen molar-refractivity contribution in [2.24, 2.45) is 5.92 Å². The zero-order chi connectivity index (χ0) is 15.9. The number of aryl methyl sites for hydroxylation is 1. The van der Waals surface area contributed by atoms with Gasteiger partial charge in [0.1, 0.15) is 11.6 Å². The van der Waals surface area contributed by atoms with Crippen LogP contribution in [0.15, 0.2) is 0 Å². The summed E-state index contributed by atoms with van der Waals surface area (Å²) >= 11 is 0. The molecule has 0 bridgehead atoms. The Kier molecular flexibility index (Phi) is 5.70. The fraction of sp³-hybridized carbons (Fsp3) is 0.625. The van der Waals surface area contributed by atoms with Crippen LogP contribution in [0, 0.1) is 31.1 Å². The van der Waals surface area contributed by atoms with Crippen LogP contribution >= 0.6 is 0 Å². The highest BCUT2D eigenvalue weighted by Crippen LogP contribution is 2.27. The van der Waals surface area contributed by atoms with Gasteiger partial charge < -0.3 is 10.6 Å². The van der Waals surface area contributed by atoms with Gasteiger partial charge in [-0.3, -0.25) is 4.79 Å². The van der Waals surface area contributed by atoms with Crippen molar-refractivity contribution in [3.8, 4) is 6.07 Å². The molecule has 1 saturated carbocycles. The molecule has 0 unspecified atom stereocenters. The Hall–Kier alpha value is -2.16. The van der Waals surface area contributed by atoms with Gasteiger partial charge >= 0.3 is 0 Å².